The van der Waals surface area contributed by atoms with E-state index < -0.39 is 0 Å². The van der Waals surface area contributed by atoms with Crippen molar-refractivity contribution in [2.45, 2.75) is 32.0 Å². The van der Waals surface area contributed by atoms with Crippen molar-refractivity contribution < 1.29 is 4.39 Å². The van der Waals surface area contributed by atoms with Gasteiger partial charge in [-0.15, -0.1) is 0 Å². The van der Waals surface area contributed by atoms with Crippen LogP contribution in [-0.2, 0) is 13.1 Å². The topological polar surface area (TPSA) is 41.0 Å². The van der Waals surface area contributed by atoms with E-state index in [9.17, 15) is 4.39 Å². The predicted molar refractivity (Wildman–Crippen MR) is 116 cm³/mol. The van der Waals surface area contributed by atoms with Gasteiger partial charge in [0.1, 0.15) is 12.1 Å². The summed E-state index contributed by atoms with van der Waals surface area (Å²) in [7, 11) is 0. The van der Waals surface area contributed by atoms with Crippen molar-refractivity contribution in [3.8, 4) is 11.8 Å². The molecule has 152 valence electrons. The van der Waals surface area contributed by atoms with E-state index in [-0.39, 0.29) is 5.82 Å². The molecule has 3 aromatic rings. The molecule has 1 N–H and O–H groups in total. The van der Waals surface area contributed by atoms with Crippen LogP contribution in [0.2, 0.25) is 0 Å². The lowest BCUT2D eigenvalue weighted by atomic mass is 10.0. The Hall–Kier alpha value is -3.07. The highest BCUT2D eigenvalue weighted by molar-refractivity contribution is 5.41. The summed E-state index contributed by atoms with van der Waals surface area (Å²) in [5.41, 5.74) is 3.78. The molecule has 1 aliphatic rings. The number of nitrogens with zero attached hydrogens (tertiary/aromatic N) is 3. The number of hydrogen-bond acceptors (Lipinski definition) is 4. The van der Waals surface area contributed by atoms with Gasteiger partial charge in [-0.2, -0.15) is 0 Å². The summed E-state index contributed by atoms with van der Waals surface area (Å²) in [6.45, 7) is 3.45. The van der Waals surface area contributed by atoms with Gasteiger partial charge in [0.05, 0.1) is 5.56 Å². The minimum Gasteiger partial charge on any atom is -0.309 e. The van der Waals surface area contributed by atoms with Crippen LogP contribution in [0.15, 0.2) is 67.3 Å². The van der Waals surface area contributed by atoms with Crippen molar-refractivity contribution >= 4 is 0 Å². The predicted octanol–water partition coefficient (Wildman–Crippen LogP) is 3.77. The Labute approximate surface area is 177 Å². The van der Waals surface area contributed by atoms with Gasteiger partial charge < -0.3 is 5.32 Å². The summed E-state index contributed by atoms with van der Waals surface area (Å²) in [5, 5.41) is 3.66. The molecule has 1 fully saturated rings. The Bertz CT molecular complexity index is 1010. The van der Waals surface area contributed by atoms with Gasteiger partial charge in [-0.05, 0) is 43.1 Å². The van der Waals surface area contributed by atoms with Crippen molar-refractivity contribution in [3.05, 3.63) is 95.3 Å². The first-order valence-corrected chi connectivity index (χ1v) is 10.3. The Morgan fingerprint density at radius 1 is 1.00 bits per heavy atom. The fraction of sp³-hybridized carbons (Fsp3) is 0.280. The highest BCUT2D eigenvalue weighted by atomic mass is 19.1. The zero-order valence-electron chi connectivity index (χ0n) is 16.9. The van der Waals surface area contributed by atoms with Crippen LogP contribution in [-0.4, -0.2) is 34.0 Å². The van der Waals surface area contributed by atoms with Gasteiger partial charge >= 0.3 is 0 Å². The second kappa shape index (κ2) is 10.1. The third kappa shape index (κ3) is 5.73. The van der Waals surface area contributed by atoms with Crippen LogP contribution in [0.1, 0.15) is 35.1 Å². The van der Waals surface area contributed by atoms with E-state index in [1.165, 1.54) is 18.0 Å². The maximum Gasteiger partial charge on any atom is 0.127 e. The molecule has 0 unspecified atom stereocenters. The molecule has 2 heterocycles. The molecule has 0 radical (unpaired) electrons. The van der Waals surface area contributed by atoms with Crippen LogP contribution in [0.25, 0.3) is 0 Å². The van der Waals surface area contributed by atoms with Crippen molar-refractivity contribution in [2.75, 3.05) is 13.1 Å². The molecule has 1 saturated heterocycles. The first-order chi connectivity index (χ1) is 14.8. The lowest BCUT2D eigenvalue weighted by molar-refractivity contribution is 0.181. The number of piperidine rings is 1. The molecule has 0 saturated carbocycles. The average Bonchev–Trinajstić information content (AvgIpc) is 2.79. The Morgan fingerprint density at radius 3 is 2.57 bits per heavy atom. The quantitative estimate of drug-likeness (QED) is 0.662. The smallest absolute Gasteiger partial charge is 0.127 e. The Balaban J connectivity index is 1.28. The minimum absolute atomic E-state index is 0.115. The van der Waals surface area contributed by atoms with Crippen molar-refractivity contribution in [1.82, 2.24) is 20.2 Å². The van der Waals surface area contributed by atoms with Crippen LogP contribution in [0.5, 0.6) is 0 Å². The number of likely N-dealkylation sites (tertiary alicyclic amines) is 1. The molecule has 1 aromatic heterocycles. The van der Waals surface area contributed by atoms with Gasteiger partial charge in [-0.25, -0.2) is 14.4 Å². The number of rotatable bonds is 5. The Morgan fingerprint density at radius 2 is 1.77 bits per heavy atom. The number of benzene rings is 2. The van der Waals surface area contributed by atoms with Gasteiger partial charge in [-0.3, -0.25) is 4.90 Å². The highest BCUT2D eigenvalue weighted by Gasteiger charge is 2.20. The van der Waals surface area contributed by atoms with E-state index in [2.05, 4.69) is 44.2 Å². The fourth-order valence-electron chi connectivity index (χ4n) is 3.71. The second-order valence-electron chi connectivity index (χ2n) is 7.62. The largest absolute Gasteiger partial charge is 0.309 e. The van der Waals surface area contributed by atoms with Crippen LogP contribution < -0.4 is 5.32 Å². The SMILES string of the molecule is Fc1ccccc1CN1CCC[C@H](NCc2ccc(C#Cc3cncnc3)cc2)C1. The number of hydrogen-bond donors (Lipinski definition) is 1. The van der Waals surface area contributed by atoms with Crippen LogP contribution >= 0.6 is 0 Å². The third-order valence-corrected chi connectivity index (χ3v) is 5.32. The summed E-state index contributed by atoms with van der Waals surface area (Å²) < 4.78 is 13.9. The van der Waals surface area contributed by atoms with E-state index in [1.807, 2.05) is 24.3 Å². The number of halogens is 1. The molecule has 5 heteroatoms. The third-order valence-electron chi connectivity index (χ3n) is 5.32. The van der Waals surface area contributed by atoms with Gasteiger partial charge in [-0.1, -0.05) is 42.2 Å². The van der Waals surface area contributed by atoms with Crippen LogP contribution in [0.3, 0.4) is 0 Å². The molecule has 1 aliphatic heterocycles. The van der Waals surface area contributed by atoms with E-state index >= 15 is 0 Å². The van der Waals surface area contributed by atoms with Crippen LogP contribution in [0, 0.1) is 17.7 Å². The molecule has 4 rings (SSSR count). The number of nitrogens with one attached hydrogen (secondary N) is 1. The molecule has 2 aromatic carbocycles. The first kappa shape index (κ1) is 20.2. The van der Waals surface area contributed by atoms with E-state index in [0.29, 0.717) is 12.6 Å². The molecule has 0 amide bonds. The zero-order chi connectivity index (χ0) is 20.6. The highest BCUT2D eigenvalue weighted by Crippen LogP contribution is 2.16. The molecule has 0 spiro atoms. The van der Waals surface area contributed by atoms with E-state index in [1.54, 1.807) is 18.5 Å². The maximum absolute atomic E-state index is 13.9. The normalized spacial score (nSPS) is 16.6. The van der Waals surface area contributed by atoms with E-state index in [4.69, 9.17) is 0 Å². The summed E-state index contributed by atoms with van der Waals surface area (Å²) in [6.07, 6.45) is 7.19. The van der Waals surface area contributed by atoms with Crippen LogP contribution in [0.4, 0.5) is 4.39 Å². The van der Waals surface area contributed by atoms with Gasteiger partial charge in [0.15, 0.2) is 0 Å². The molecule has 30 heavy (non-hydrogen) atoms. The lowest BCUT2D eigenvalue weighted by Gasteiger charge is -2.33. The van der Waals surface area contributed by atoms with Crippen molar-refractivity contribution in [2.24, 2.45) is 0 Å². The molecule has 0 bridgehead atoms. The molecular formula is C25H25FN4. The molecule has 1 atom stereocenters. The summed E-state index contributed by atoms with van der Waals surface area (Å²) in [5.74, 6) is 6.09. The van der Waals surface area contributed by atoms with Crippen molar-refractivity contribution in [3.63, 3.8) is 0 Å². The minimum atomic E-state index is -0.115. The summed E-state index contributed by atoms with van der Waals surface area (Å²) in [4.78, 5) is 10.3. The first-order valence-electron chi connectivity index (χ1n) is 10.3. The van der Waals surface area contributed by atoms with Crippen molar-refractivity contribution in [1.29, 1.82) is 0 Å². The molecule has 0 aliphatic carbocycles. The van der Waals surface area contributed by atoms with Gasteiger partial charge in [0, 0.05) is 49.2 Å². The standard InChI is InChI=1S/C25H25FN4/c26-25-6-2-1-4-23(25)17-30-13-3-5-24(18-30)29-16-21-10-7-20(8-11-21)9-12-22-14-27-19-28-15-22/h1-2,4,6-8,10-11,14-15,19,24,29H,3,5,13,16-18H2/t24-/m0/s1. The summed E-state index contributed by atoms with van der Waals surface area (Å²) in [6, 6.07) is 15.8. The number of aromatic nitrogens is 2. The lowest BCUT2D eigenvalue weighted by Crippen LogP contribution is -2.45. The monoisotopic (exact) mass is 400 g/mol. The van der Waals surface area contributed by atoms with Gasteiger partial charge in [0.2, 0.25) is 0 Å². The average molecular weight is 401 g/mol. The van der Waals surface area contributed by atoms with E-state index in [0.717, 1.165) is 49.2 Å². The van der Waals surface area contributed by atoms with Gasteiger partial charge in [0.25, 0.3) is 0 Å². The second-order valence-corrected chi connectivity index (χ2v) is 7.62. The maximum atomic E-state index is 13.9. The fourth-order valence-corrected chi connectivity index (χ4v) is 3.71. The molecule has 4 nitrogen and oxygen atoms in total. The molecular weight excluding hydrogens is 375 g/mol. The Kier molecular flexibility index (Phi) is 6.81. The summed E-state index contributed by atoms with van der Waals surface area (Å²) >= 11 is 0. The zero-order valence-corrected chi connectivity index (χ0v) is 16.9.